The maximum atomic E-state index is 12.2. The summed E-state index contributed by atoms with van der Waals surface area (Å²) in [5, 5.41) is 3.12. The van der Waals surface area contributed by atoms with Gasteiger partial charge in [-0.1, -0.05) is 0 Å². The lowest BCUT2D eigenvalue weighted by Crippen LogP contribution is -2.50. The minimum Gasteiger partial charge on any atom is -0.378 e. The van der Waals surface area contributed by atoms with E-state index >= 15 is 0 Å². The number of ether oxygens (including phenoxy) is 1. The van der Waals surface area contributed by atoms with Crippen LogP contribution in [0.3, 0.4) is 0 Å². The fraction of sp³-hybridized carbons (Fsp3) is 0.643. The van der Waals surface area contributed by atoms with Crippen molar-refractivity contribution < 1.29 is 9.53 Å². The molecule has 0 radical (unpaired) electrons. The smallest absolute Gasteiger partial charge is 0.268 e. The van der Waals surface area contributed by atoms with Gasteiger partial charge in [0.2, 0.25) is 0 Å². The van der Waals surface area contributed by atoms with E-state index in [4.69, 9.17) is 4.74 Å². The van der Waals surface area contributed by atoms with E-state index in [9.17, 15) is 4.79 Å². The molecule has 3 rings (SSSR count). The molecule has 2 fully saturated rings. The largest absolute Gasteiger partial charge is 0.378 e. The fourth-order valence-electron chi connectivity index (χ4n) is 3.05. The highest BCUT2D eigenvalue weighted by atomic mass is 16.5. The van der Waals surface area contributed by atoms with Gasteiger partial charge in [-0.05, 0) is 38.1 Å². The summed E-state index contributed by atoms with van der Waals surface area (Å²) in [6.07, 6.45) is 4.40. The van der Waals surface area contributed by atoms with E-state index in [2.05, 4.69) is 10.2 Å². The lowest BCUT2D eigenvalue weighted by atomic mass is 10.1. The van der Waals surface area contributed by atoms with Crippen LogP contribution in [0.25, 0.3) is 0 Å². The van der Waals surface area contributed by atoms with E-state index in [-0.39, 0.29) is 11.9 Å². The van der Waals surface area contributed by atoms with Crippen LogP contribution < -0.4 is 5.32 Å². The van der Waals surface area contributed by atoms with E-state index in [0.717, 1.165) is 19.7 Å². The van der Waals surface area contributed by atoms with E-state index in [0.29, 0.717) is 18.3 Å². The van der Waals surface area contributed by atoms with Crippen molar-refractivity contribution in [1.29, 1.82) is 0 Å². The summed E-state index contributed by atoms with van der Waals surface area (Å²) in [7, 11) is 1.89. The van der Waals surface area contributed by atoms with Crippen LogP contribution in [0.2, 0.25) is 0 Å². The molecule has 2 aliphatic heterocycles. The van der Waals surface area contributed by atoms with Gasteiger partial charge in [0.25, 0.3) is 5.91 Å². The topological polar surface area (TPSA) is 46.5 Å². The molecule has 1 N–H and O–H groups in total. The summed E-state index contributed by atoms with van der Waals surface area (Å²) < 4.78 is 7.41. The predicted molar refractivity (Wildman–Crippen MR) is 72.1 cm³/mol. The van der Waals surface area contributed by atoms with Crippen LogP contribution in [-0.2, 0) is 11.8 Å². The highest BCUT2D eigenvalue weighted by Crippen LogP contribution is 2.19. The van der Waals surface area contributed by atoms with Gasteiger partial charge in [-0.3, -0.25) is 9.69 Å². The zero-order valence-corrected chi connectivity index (χ0v) is 11.3. The second-order valence-electron chi connectivity index (χ2n) is 5.43. The van der Waals surface area contributed by atoms with Crippen LogP contribution in [0.15, 0.2) is 18.3 Å². The van der Waals surface area contributed by atoms with Gasteiger partial charge in [-0.25, -0.2) is 0 Å². The monoisotopic (exact) mass is 263 g/mol. The van der Waals surface area contributed by atoms with Crippen molar-refractivity contribution in [3.8, 4) is 0 Å². The van der Waals surface area contributed by atoms with Crippen LogP contribution >= 0.6 is 0 Å². The molecule has 1 aromatic heterocycles. The Hall–Kier alpha value is -1.33. The van der Waals surface area contributed by atoms with Crippen LogP contribution in [0, 0.1) is 0 Å². The first-order valence-corrected chi connectivity index (χ1v) is 6.99. The van der Waals surface area contributed by atoms with Crippen molar-refractivity contribution >= 4 is 5.91 Å². The summed E-state index contributed by atoms with van der Waals surface area (Å²) in [5.74, 6) is -0.00723. The molecule has 104 valence electrons. The molecule has 2 atom stereocenters. The van der Waals surface area contributed by atoms with E-state index in [1.807, 2.05) is 29.9 Å². The Morgan fingerprint density at radius 3 is 2.84 bits per heavy atom. The van der Waals surface area contributed by atoms with Gasteiger partial charge in [0, 0.05) is 13.2 Å². The molecular weight excluding hydrogens is 242 g/mol. The zero-order valence-electron chi connectivity index (χ0n) is 11.3. The number of carbonyl (C=O) groups excluding carboxylic acids is 1. The van der Waals surface area contributed by atoms with Gasteiger partial charge in [-0.15, -0.1) is 0 Å². The van der Waals surface area contributed by atoms with Crippen molar-refractivity contribution in [3.05, 3.63) is 24.0 Å². The second kappa shape index (κ2) is 5.35. The number of carbonyl (C=O) groups is 1. The molecule has 1 amide bonds. The molecule has 2 saturated heterocycles. The molecule has 0 saturated carbocycles. The van der Waals surface area contributed by atoms with Crippen LogP contribution in [0.1, 0.15) is 23.3 Å². The summed E-state index contributed by atoms with van der Waals surface area (Å²) >= 11 is 0. The first kappa shape index (κ1) is 12.7. The Morgan fingerprint density at radius 1 is 1.37 bits per heavy atom. The van der Waals surface area contributed by atoms with E-state index < -0.39 is 0 Å². The third kappa shape index (κ3) is 2.53. The van der Waals surface area contributed by atoms with Crippen molar-refractivity contribution in [2.24, 2.45) is 7.05 Å². The van der Waals surface area contributed by atoms with Gasteiger partial charge < -0.3 is 14.6 Å². The van der Waals surface area contributed by atoms with Crippen molar-refractivity contribution in [3.63, 3.8) is 0 Å². The quantitative estimate of drug-likeness (QED) is 0.869. The molecule has 19 heavy (non-hydrogen) atoms. The first-order valence-electron chi connectivity index (χ1n) is 6.99. The maximum absolute atomic E-state index is 12.2. The average Bonchev–Trinajstić information content (AvgIpc) is 3.07. The Labute approximate surface area is 113 Å². The number of hydrogen-bond donors (Lipinski definition) is 1. The van der Waals surface area contributed by atoms with E-state index in [1.165, 1.54) is 12.8 Å². The summed E-state index contributed by atoms with van der Waals surface area (Å²) in [5.41, 5.74) is 0.701. The zero-order chi connectivity index (χ0) is 13.2. The van der Waals surface area contributed by atoms with Crippen molar-refractivity contribution in [2.75, 3.05) is 26.3 Å². The molecule has 5 heteroatoms. The minimum atomic E-state index is -0.00723. The molecule has 0 spiro atoms. The number of aryl methyl sites for hydroxylation is 1. The van der Waals surface area contributed by atoms with Crippen LogP contribution in [0.5, 0.6) is 0 Å². The number of hydrogen-bond acceptors (Lipinski definition) is 3. The molecule has 0 unspecified atom stereocenters. The van der Waals surface area contributed by atoms with Gasteiger partial charge in [-0.2, -0.15) is 0 Å². The molecule has 0 aliphatic carbocycles. The normalized spacial score (nSPS) is 27.8. The lowest BCUT2D eigenvalue weighted by molar-refractivity contribution is 0.0908. The minimum absolute atomic E-state index is 0.00723. The van der Waals surface area contributed by atoms with Gasteiger partial charge >= 0.3 is 0 Å². The second-order valence-corrected chi connectivity index (χ2v) is 5.43. The fourth-order valence-corrected chi connectivity index (χ4v) is 3.05. The maximum Gasteiger partial charge on any atom is 0.268 e. The first-order chi connectivity index (χ1) is 9.25. The lowest BCUT2D eigenvalue weighted by Gasteiger charge is -2.27. The summed E-state index contributed by atoms with van der Waals surface area (Å²) in [6.45, 7) is 3.62. The Balaban J connectivity index is 1.65. The standard InChI is InChI=1S/C14H21N3O2/c1-16-6-4-5-12(16)14(18)15-11-9-19-10-13(11)17-7-2-3-8-17/h4-6,11,13H,2-3,7-10H2,1H3,(H,15,18)/t11-,13-/m0/s1. The Bertz CT molecular complexity index is 451. The Kier molecular flexibility index (Phi) is 3.57. The molecule has 5 nitrogen and oxygen atoms in total. The van der Waals surface area contributed by atoms with Gasteiger partial charge in [0.05, 0.1) is 25.3 Å². The number of nitrogens with zero attached hydrogens (tertiary/aromatic N) is 2. The molecule has 3 heterocycles. The highest BCUT2D eigenvalue weighted by Gasteiger charge is 2.35. The Morgan fingerprint density at radius 2 is 2.16 bits per heavy atom. The van der Waals surface area contributed by atoms with Crippen molar-refractivity contribution in [2.45, 2.75) is 24.9 Å². The SMILES string of the molecule is Cn1cccc1C(=O)N[C@H]1COC[C@@H]1N1CCCC1. The number of amides is 1. The van der Waals surface area contributed by atoms with Gasteiger partial charge in [0.1, 0.15) is 5.69 Å². The highest BCUT2D eigenvalue weighted by molar-refractivity contribution is 5.93. The van der Waals surface area contributed by atoms with E-state index in [1.54, 1.807) is 0 Å². The van der Waals surface area contributed by atoms with Gasteiger partial charge in [0.15, 0.2) is 0 Å². The molecule has 2 aliphatic rings. The molecule has 1 aromatic rings. The average molecular weight is 263 g/mol. The number of aromatic nitrogens is 1. The molecule has 0 bridgehead atoms. The third-order valence-electron chi connectivity index (χ3n) is 4.15. The molecular formula is C14H21N3O2. The third-order valence-corrected chi connectivity index (χ3v) is 4.15. The number of rotatable bonds is 3. The predicted octanol–water partition coefficient (Wildman–Crippen LogP) is 0.618. The summed E-state index contributed by atoms with van der Waals surface area (Å²) in [4.78, 5) is 14.7. The van der Waals surface area contributed by atoms with Crippen LogP contribution in [-0.4, -0.2) is 53.8 Å². The van der Waals surface area contributed by atoms with Crippen molar-refractivity contribution in [1.82, 2.24) is 14.8 Å². The number of nitrogens with one attached hydrogen (secondary N) is 1. The molecule has 0 aromatic carbocycles. The van der Waals surface area contributed by atoms with Crippen LogP contribution in [0.4, 0.5) is 0 Å². The number of likely N-dealkylation sites (tertiary alicyclic amines) is 1. The summed E-state index contributed by atoms with van der Waals surface area (Å²) in [6, 6.07) is 4.18.